The molecule has 8 nitrogen and oxygen atoms in total. The Kier molecular flexibility index (Phi) is 6.66. The largest absolute Gasteiger partial charge is 0.488 e. The van der Waals surface area contributed by atoms with Crippen LogP contribution in [-0.4, -0.2) is 60.8 Å². The topological polar surface area (TPSA) is 107 Å². The molecule has 0 radical (unpaired) electrons. The maximum Gasteiger partial charge on any atom is 0.132 e. The van der Waals surface area contributed by atoms with Crippen molar-refractivity contribution in [2.75, 3.05) is 37.4 Å². The number of hydrogen-bond donors (Lipinski definition) is 2. The Morgan fingerprint density at radius 2 is 2.00 bits per heavy atom. The molecule has 1 aromatic heterocycles. The lowest BCUT2D eigenvalue weighted by Gasteiger charge is -2.36. The van der Waals surface area contributed by atoms with E-state index in [0.717, 1.165) is 18.9 Å². The van der Waals surface area contributed by atoms with E-state index in [4.69, 9.17) is 25.4 Å². The van der Waals surface area contributed by atoms with Crippen molar-refractivity contribution in [1.82, 2.24) is 9.97 Å². The van der Waals surface area contributed by atoms with Crippen LogP contribution in [0.5, 0.6) is 5.75 Å². The highest BCUT2D eigenvalue weighted by Gasteiger charge is 2.24. The minimum atomic E-state index is -0.110. The maximum atomic E-state index is 8.67. The Morgan fingerprint density at radius 1 is 1.28 bits per heavy atom. The third-order valence-corrected chi connectivity index (χ3v) is 4.69. The minimum Gasteiger partial charge on any atom is -0.488 e. The molecule has 8 heteroatoms. The van der Waals surface area contributed by atoms with Gasteiger partial charge in [0, 0.05) is 37.5 Å². The molecular weight excluding hydrogens is 370 g/mol. The highest BCUT2D eigenvalue weighted by Crippen LogP contribution is 2.25. The molecule has 0 unspecified atom stereocenters. The number of anilines is 2. The molecule has 0 amide bonds. The molecule has 1 aromatic carbocycles. The first-order valence-electron chi connectivity index (χ1n) is 9.74. The third kappa shape index (κ3) is 5.21. The standard InChI is InChI=1S/C21H29N5O3/c1-13-9-26(10-14(2)28-13)20-8-19(24-12-25-20)21(23)17-7-16(5-6-18(17)22)29-15(3)11-27-4/h5-8,12-15,23H,9-11,22H2,1-4H3/t13-,14+,15-/m0/s1. The van der Waals surface area contributed by atoms with Gasteiger partial charge in [-0.2, -0.15) is 0 Å². The monoisotopic (exact) mass is 399 g/mol. The van der Waals surface area contributed by atoms with Gasteiger partial charge in [-0.05, 0) is 39.0 Å². The summed E-state index contributed by atoms with van der Waals surface area (Å²) in [4.78, 5) is 10.9. The lowest BCUT2D eigenvalue weighted by molar-refractivity contribution is -0.00546. The summed E-state index contributed by atoms with van der Waals surface area (Å²) in [5.41, 5.74) is 7.95. The molecule has 0 saturated carbocycles. The zero-order valence-corrected chi connectivity index (χ0v) is 17.4. The van der Waals surface area contributed by atoms with Crippen LogP contribution < -0.4 is 15.4 Å². The Hall–Kier alpha value is -2.71. The van der Waals surface area contributed by atoms with Gasteiger partial charge in [-0.3, -0.25) is 5.41 Å². The van der Waals surface area contributed by atoms with Gasteiger partial charge in [-0.1, -0.05) is 0 Å². The van der Waals surface area contributed by atoms with Crippen molar-refractivity contribution in [3.63, 3.8) is 0 Å². The van der Waals surface area contributed by atoms with Crippen LogP contribution in [-0.2, 0) is 9.47 Å². The summed E-state index contributed by atoms with van der Waals surface area (Å²) in [5, 5.41) is 8.67. The van der Waals surface area contributed by atoms with Crippen LogP contribution in [0.4, 0.5) is 11.5 Å². The molecule has 2 heterocycles. The van der Waals surface area contributed by atoms with Crippen LogP contribution in [0.15, 0.2) is 30.6 Å². The first kappa shape index (κ1) is 21.0. The maximum absolute atomic E-state index is 8.67. The van der Waals surface area contributed by atoms with E-state index in [0.29, 0.717) is 29.3 Å². The van der Waals surface area contributed by atoms with E-state index in [1.807, 2.05) is 26.8 Å². The van der Waals surface area contributed by atoms with Gasteiger partial charge in [0.25, 0.3) is 0 Å². The van der Waals surface area contributed by atoms with E-state index in [9.17, 15) is 0 Å². The summed E-state index contributed by atoms with van der Waals surface area (Å²) in [6.07, 6.45) is 1.62. The van der Waals surface area contributed by atoms with Crippen LogP contribution in [0.3, 0.4) is 0 Å². The predicted molar refractivity (Wildman–Crippen MR) is 113 cm³/mol. The van der Waals surface area contributed by atoms with Crippen LogP contribution in [0.2, 0.25) is 0 Å². The molecule has 3 atom stereocenters. The van der Waals surface area contributed by atoms with E-state index >= 15 is 0 Å². The van der Waals surface area contributed by atoms with E-state index in [1.54, 1.807) is 25.3 Å². The molecule has 1 aliphatic heterocycles. The fraction of sp³-hybridized carbons (Fsp3) is 0.476. The molecule has 156 valence electrons. The number of nitrogens with two attached hydrogens (primary N) is 1. The Balaban J connectivity index is 1.83. The van der Waals surface area contributed by atoms with Crippen molar-refractivity contribution in [2.45, 2.75) is 39.1 Å². The van der Waals surface area contributed by atoms with Gasteiger partial charge < -0.3 is 24.8 Å². The summed E-state index contributed by atoms with van der Waals surface area (Å²) < 4.78 is 16.8. The molecule has 0 aliphatic carbocycles. The summed E-state index contributed by atoms with van der Waals surface area (Å²) in [6, 6.07) is 7.13. The number of aromatic nitrogens is 2. The molecule has 2 aromatic rings. The number of methoxy groups -OCH3 is 1. The van der Waals surface area contributed by atoms with Gasteiger partial charge in [0.15, 0.2) is 0 Å². The molecule has 3 N–H and O–H groups in total. The van der Waals surface area contributed by atoms with Gasteiger partial charge in [-0.25, -0.2) is 9.97 Å². The van der Waals surface area contributed by atoms with E-state index in [2.05, 4.69) is 14.9 Å². The quantitative estimate of drug-likeness (QED) is 0.544. The fourth-order valence-electron chi connectivity index (χ4n) is 3.49. The van der Waals surface area contributed by atoms with Gasteiger partial charge in [0.1, 0.15) is 24.0 Å². The van der Waals surface area contributed by atoms with Crippen molar-refractivity contribution in [1.29, 1.82) is 5.41 Å². The van der Waals surface area contributed by atoms with Gasteiger partial charge in [0.05, 0.1) is 30.2 Å². The van der Waals surface area contributed by atoms with Gasteiger partial charge in [-0.15, -0.1) is 0 Å². The van der Waals surface area contributed by atoms with Crippen molar-refractivity contribution < 1.29 is 14.2 Å². The van der Waals surface area contributed by atoms with Gasteiger partial charge >= 0.3 is 0 Å². The van der Waals surface area contributed by atoms with Crippen LogP contribution in [0.1, 0.15) is 32.0 Å². The second kappa shape index (κ2) is 9.19. The molecule has 1 saturated heterocycles. The third-order valence-electron chi connectivity index (χ3n) is 4.69. The molecule has 1 aliphatic rings. The average molecular weight is 399 g/mol. The molecule has 1 fully saturated rings. The smallest absolute Gasteiger partial charge is 0.132 e. The zero-order chi connectivity index (χ0) is 21.0. The summed E-state index contributed by atoms with van der Waals surface area (Å²) >= 11 is 0. The molecule has 29 heavy (non-hydrogen) atoms. The van der Waals surface area contributed by atoms with Crippen LogP contribution >= 0.6 is 0 Å². The summed E-state index contributed by atoms with van der Waals surface area (Å²) in [5.74, 6) is 1.41. The van der Waals surface area contributed by atoms with Crippen LogP contribution in [0.25, 0.3) is 0 Å². The second-order valence-corrected chi connectivity index (χ2v) is 7.43. The van der Waals surface area contributed by atoms with E-state index in [1.165, 1.54) is 6.33 Å². The molecule has 0 spiro atoms. The number of morpholine rings is 1. The number of nitrogens with one attached hydrogen (secondary N) is 1. The molecule has 3 rings (SSSR count). The normalized spacial score (nSPS) is 20.3. The first-order chi connectivity index (χ1) is 13.9. The highest BCUT2D eigenvalue weighted by molar-refractivity contribution is 6.13. The molecule has 0 bridgehead atoms. The number of ether oxygens (including phenoxy) is 3. The number of nitrogens with zero attached hydrogens (tertiary/aromatic N) is 3. The Bertz CT molecular complexity index is 850. The first-order valence-corrected chi connectivity index (χ1v) is 9.74. The van der Waals surface area contributed by atoms with Crippen LogP contribution in [0, 0.1) is 5.41 Å². The van der Waals surface area contributed by atoms with E-state index in [-0.39, 0.29) is 24.0 Å². The number of rotatable bonds is 7. The summed E-state index contributed by atoms with van der Waals surface area (Å²) in [7, 11) is 1.63. The van der Waals surface area contributed by atoms with Crippen molar-refractivity contribution >= 4 is 17.2 Å². The predicted octanol–water partition coefficient (Wildman–Crippen LogP) is 2.50. The summed E-state index contributed by atoms with van der Waals surface area (Å²) in [6.45, 7) is 7.98. The minimum absolute atomic E-state index is 0.110. The van der Waals surface area contributed by atoms with Gasteiger partial charge in [0.2, 0.25) is 0 Å². The lowest BCUT2D eigenvalue weighted by Crippen LogP contribution is -2.45. The molecular formula is C21H29N5O3. The Morgan fingerprint density at radius 3 is 2.69 bits per heavy atom. The second-order valence-electron chi connectivity index (χ2n) is 7.43. The van der Waals surface area contributed by atoms with Crippen molar-refractivity contribution in [2.24, 2.45) is 0 Å². The zero-order valence-electron chi connectivity index (χ0n) is 17.4. The van der Waals surface area contributed by atoms with Crippen molar-refractivity contribution in [3.8, 4) is 5.75 Å². The Labute approximate surface area is 171 Å². The SMILES string of the molecule is COC[C@H](C)Oc1ccc(N)c(C(=N)c2cc(N3C[C@@H](C)O[C@@H](C)C3)ncn2)c1. The number of hydrogen-bond acceptors (Lipinski definition) is 8. The van der Waals surface area contributed by atoms with Crippen molar-refractivity contribution in [3.05, 3.63) is 41.9 Å². The average Bonchev–Trinajstić information content (AvgIpc) is 2.68. The lowest BCUT2D eigenvalue weighted by atomic mass is 10.0. The highest BCUT2D eigenvalue weighted by atomic mass is 16.5. The fourth-order valence-corrected chi connectivity index (χ4v) is 3.49. The van der Waals surface area contributed by atoms with E-state index < -0.39 is 0 Å². The number of nitrogen functional groups attached to an aromatic ring is 1. The number of benzene rings is 1.